The van der Waals surface area contributed by atoms with Crippen LogP contribution in [0.4, 0.5) is 0 Å². The summed E-state index contributed by atoms with van der Waals surface area (Å²) in [4.78, 5) is 0. The summed E-state index contributed by atoms with van der Waals surface area (Å²) in [5.74, 6) is 0. The predicted octanol–water partition coefficient (Wildman–Crippen LogP) is 2.97. The van der Waals surface area contributed by atoms with Gasteiger partial charge in [-0.15, -0.1) is 0 Å². The molecule has 0 bridgehead atoms. The molecule has 2 nitrogen and oxygen atoms in total. The largest absolute Gasteiger partial charge is 0.385 e. The molecule has 0 radical (unpaired) electrons. The maximum atomic E-state index is 5.20. The van der Waals surface area contributed by atoms with E-state index in [2.05, 4.69) is 12.2 Å². The van der Waals surface area contributed by atoms with Crippen molar-refractivity contribution in [1.29, 1.82) is 0 Å². The SMILES string of the molecule is CCCCNCCC1(CCOC)CCC1. The fraction of sp³-hybridized carbons (Fsp3) is 1.00. The number of unbranched alkanes of at least 4 members (excludes halogenated alkanes) is 1. The van der Waals surface area contributed by atoms with Gasteiger partial charge in [0.25, 0.3) is 0 Å². The summed E-state index contributed by atoms with van der Waals surface area (Å²) >= 11 is 0. The smallest absolute Gasteiger partial charge is 0.0467 e. The maximum Gasteiger partial charge on any atom is 0.0467 e. The lowest BCUT2D eigenvalue weighted by atomic mass is 9.65. The van der Waals surface area contributed by atoms with Crippen LogP contribution in [0.5, 0.6) is 0 Å². The van der Waals surface area contributed by atoms with Crippen LogP contribution < -0.4 is 5.32 Å². The van der Waals surface area contributed by atoms with Crippen LogP contribution in [0, 0.1) is 5.41 Å². The molecule has 0 heterocycles. The highest BCUT2D eigenvalue weighted by Gasteiger charge is 2.35. The molecule has 0 spiro atoms. The van der Waals surface area contributed by atoms with Crippen LogP contribution in [-0.2, 0) is 4.74 Å². The molecular weight excluding hydrogens is 186 g/mol. The quantitative estimate of drug-likeness (QED) is 0.595. The molecule has 1 fully saturated rings. The average Bonchev–Trinajstić information content (AvgIpc) is 2.20. The van der Waals surface area contributed by atoms with Gasteiger partial charge in [-0.25, -0.2) is 0 Å². The number of hydrogen-bond acceptors (Lipinski definition) is 2. The highest BCUT2D eigenvalue weighted by molar-refractivity contribution is 4.87. The topological polar surface area (TPSA) is 21.3 Å². The normalized spacial score (nSPS) is 18.8. The number of rotatable bonds is 9. The second-order valence-corrected chi connectivity index (χ2v) is 4.95. The van der Waals surface area contributed by atoms with Gasteiger partial charge in [0.15, 0.2) is 0 Å². The standard InChI is InChI=1S/C13H27NO/c1-3-4-10-14-11-8-13(6-5-7-13)9-12-15-2/h14H,3-12H2,1-2H3. The van der Waals surface area contributed by atoms with Crippen LogP contribution in [-0.4, -0.2) is 26.8 Å². The van der Waals surface area contributed by atoms with Crippen molar-refractivity contribution in [3.05, 3.63) is 0 Å². The zero-order valence-electron chi connectivity index (χ0n) is 10.5. The lowest BCUT2D eigenvalue weighted by Crippen LogP contribution is -2.34. The summed E-state index contributed by atoms with van der Waals surface area (Å²) in [6.45, 7) is 5.57. The van der Waals surface area contributed by atoms with Crippen molar-refractivity contribution in [3.63, 3.8) is 0 Å². The summed E-state index contributed by atoms with van der Waals surface area (Å²) in [5.41, 5.74) is 0.634. The molecule has 1 saturated carbocycles. The first kappa shape index (κ1) is 13.0. The van der Waals surface area contributed by atoms with Gasteiger partial charge in [0.1, 0.15) is 0 Å². The van der Waals surface area contributed by atoms with Gasteiger partial charge in [0.2, 0.25) is 0 Å². The summed E-state index contributed by atoms with van der Waals surface area (Å²) in [7, 11) is 1.81. The highest BCUT2D eigenvalue weighted by Crippen LogP contribution is 2.46. The van der Waals surface area contributed by atoms with Gasteiger partial charge in [0.05, 0.1) is 0 Å². The minimum absolute atomic E-state index is 0.634. The molecule has 90 valence electrons. The van der Waals surface area contributed by atoms with Crippen LogP contribution in [0.3, 0.4) is 0 Å². The molecule has 1 aliphatic rings. The second kappa shape index (κ2) is 7.24. The van der Waals surface area contributed by atoms with Crippen LogP contribution >= 0.6 is 0 Å². The minimum atomic E-state index is 0.634. The third kappa shape index (κ3) is 4.52. The van der Waals surface area contributed by atoms with E-state index in [0.29, 0.717) is 5.41 Å². The van der Waals surface area contributed by atoms with Crippen LogP contribution in [0.2, 0.25) is 0 Å². The molecule has 2 heteroatoms. The van der Waals surface area contributed by atoms with E-state index >= 15 is 0 Å². The fourth-order valence-electron chi connectivity index (χ4n) is 2.40. The number of methoxy groups -OCH3 is 1. The molecule has 0 atom stereocenters. The lowest BCUT2D eigenvalue weighted by Gasteiger charge is -2.42. The van der Waals surface area contributed by atoms with E-state index in [1.165, 1.54) is 58.0 Å². The molecule has 1 rings (SSSR count). The van der Waals surface area contributed by atoms with Gasteiger partial charge in [-0.05, 0) is 50.6 Å². The first-order valence-electron chi connectivity index (χ1n) is 6.53. The summed E-state index contributed by atoms with van der Waals surface area (Å²) in [6.07, 6.45) is 9.49. The van der Waals surface area contributed by atoms with E-state index in [0.717, 1.165) is 6.61 Å². The Labute approximate surface area is 94.8 Å². The van der Waals surface area contributed by atoms with Crippen molar-refractivity contribution in [2.24, 2.45) is 5.41 Å². The summed E-state index contributed by atoms with van der Waals surface area (Å²) in [5, 5.41) is 3.55. The van der Waals surface area contributed by atoms with E-state index in [1.807, 2.05) is 7.11 Å². The number of ether oxygens (including phenoxy) is 1. The van der Waals surface area contributed by atoms with Crippen molar-refractivity contribution in [2.45, 2.75) is 51.9 Å². The molecule has 0 aromatic rings. The predicted molar refractivity (Wildman–Crippen MR) is 65.2 cm³/mol. The first-order chi connectivity index (χ1) is 7.33. The van der Waals surface area contributed by atoms with Crippen molar-refractivity contribution < 1.29 is 4.74 Å². The highest BCUT2D eigenvalue weighted by atomic mass is 16.5. The molecule has 1 N–H and O–H groups in total. The molecule has 0 unspecified atom stereocenters. The molecule has 0 aromatic heterocycles. The van der Waals surface area contributed by atoms with Gasteiger partial charge in [0, 0.05) is 13.7 Å². The Balaban J connectivity index is 2.05. The van der Waals surface area contributed by atoms with E-state index in [9.17, 15) is 0 Å². The molecule has 0 saturated heterocycles. The van der Waals surface area contributed by atoms with Gasteiger partial charge in [-0.2, -0.15) is 0 Å². The van der Waals surface area contributed by atoms with Crippen molar-refractivity contribution in [1.82, 2.24) is 5.32 Å². The van der Waals surface area contributed by atoms with Crippen LogP contribution in [0.15, 0.2) is 0 Å². The first-order valence-corrected chi connectivity index (χ1v) is 6.53. The molecular formula is C13H27NO. The van der Waals surface area contributed by atoms with Crippen molar-refractivity contribution in [3.8, 4) is 0 Å². The minimum Gasteiger partial charge on any atom is -0.385 e. The van der Waals surface area contributed by atoms with Gasteiger partial charge in [-0.3, -0.25) is 0 Å². The molecule has 15 heavy (non-hydrogen) atoms. The Morgan fingerprint density at radius 2 is 2.00 bits per heavy atom. The number of hydrogen-bond donors (Lipinski definition) is 1. The van der Waals surface area contributed by atoms with E-state index in [4.69, 9.17) is 4.74 Å². The zero-order chi connectivity index (χ0) is 11.0. The maximum absolute atomic E-state index is 5.20. The van der Waals surface area contributed by atoms with Crippen molar-refractivity contribution in [2.75, 3.05) is 26.8 Å². The zero-order valence-corrected chi connectivity index (χ0v) is 10.5. The molecule has 0 amide bonds. The van der Waals surface area contributed by atoms with Crippen LogP contribution in [0.25, 0.3) is 0 Å². The Kier molecular flexibility index (Phi) is 6.26. The van der Waals surface area contributed by atoms with Crippen molar-refractivity contribution >= 4 is 0 Å². The Bertz CT molecular complexity index is 155. The van der Waals surface area contributed by atoms with Gasteiger partial charge >= 0.3 is 0 Å². The van der Waals surface area contributed by atoms with E-state index in [-0.39, 0.29) is 0 Å². The number of nitrogens with one attached hydrogen (secondary N) is 1. The van der Waals surface area contributed by atoms with E-state index < -0.39 is 0 Å². The lowest BCUT2D eigenvalue weighted by molar-refractivity contribution is 0.0616. The monoisotopic (exact) mass is 213 g/mol. The molecule has 0 aromatic carbocycles. The average molecular weight is 213 g/mol. The molecule has 1 aliphatic carbocycles. The Morgan fingerprint density at radius 1 is 1.20 bits per heavy atom. The third-order valence-corrected chi connectivity index (χ3v) is 3.79. The second-order valence-electron chi connectivity index (χ2n) is 4.95. The Hall–Kier alpha value is -0.0800. The summed E-state index contributed by atoms with van der Waals surface area (Å²) < 4.78 is 5.20. The van der Waals surface area contributed by atoms with Gasteiger partial charge in [-0.1, -0.05) is 19.8 Å². The Morgan fingerprint density at radius 3 is 2.53 bits per heavy atom. The van der Waals surface area contributed by atoms with Crippen LogP contribution in [0.1, 0.15) is 51.9 Å². The molecule has 0 aliphatic heterocycles. The third-order valence-electron chi connectivity index (χ3n) is 3.79. The van der Waals surface area contributed by atoms with Gasteiger partial charge < -0.3 is 10.1 Å². The fourth-order valence-corrected chi connectivity index (χ4v) is 2.40. The summed E-state index contributed by atoms with van der Waals surface area (Å²) in [6, 6.07) is 0. The van der Waals surface area contributed by atoms with E-state index in [1.54, 1.807) is 0 Å².